The topological polar surface area (TPSA) is 123 Å². The molecule has 216 valence electrons. The van der Waals surface area contributed by atoms with Gasteiger partial charge in [-0.3, -0.25) is 0 Å². The first-order valence-electron chi connectivity index (χ1n) is 13.9. The SMILES string of the molecule is Cc1c(-c2cc(OC(C)c3cccc4cnsc34)c3c(C#N)cnn3c2)nnn1C1CCN(C(=O)OC(C)(C)C)CC1. The Kier molecular flexibility index (Phi) is 7.06. The number of rotatable bonds is 5. The Hall–Kier alpha value is -4.50. The smallest absolute Gasteiger partial charge is 0.410 e. The Morgan fingerprint density at radius 3 is 2.74 bits per heavy atom. The van der Waals surface area contributed by atoms with E-state index in [0.717, 1.165) is 39.7 Å². The molecule has 1 aliphatic rings. The zero-order valence-corrected chi connectivity index (χ0v) is 25.1. The molecule has 1 saturated heterocycles. The number of aromatic nitrogens is 6. The summed E-state index contributed by atoms with van der Waals surface area (Å²) in [7, 11) is 0. The highest BCUT2D eigenvalue weighted by Gasteiger charge is 2.29. The summed E-state index contributed by atoms with van der Waals surface area (Å²) >= 11 is 1.44. The fraction of sp³-hybridized carbons (Fsp3) is 0.400. The standard InChI is InChI=1S/C30H32N8O3S/c1-18-26(34-35-38(18)23-9-11-36(12-10-23)29(39)41-30(3,4)5)21-13-25(27-22(14-31)15-32-37(27)17-21)40-19(2)24-8-6-7-20-16-33-42-28(20)24/h6-8,13,15-17,19,23H,9-12H2,1-5H3. The Morgan fingerprint density at radius 1 is 1.21 bits per heavy atom. The summed E-state index contributed by atoms with van der Waals surface area (Å²) in [5.41, 5.74) is 3.93. The molecule has 1 aliphatic heterocycles. The van der Waals surface area contributed by atoms with E-state index in [1.54, 1.807) is 15.6 Å². The van der Waals surface area contributed by atoms with Crippen LogP contribution in [0, 0.1) is 18.3 Å². The molecule has 12 heteroatoms. The highest BCUT2D eigenvalue weighted by atomic mass is 32.1. The number of likely N-dealkylation sites (tertiary alicyclic amines) is 1. The van der Waals surface area contributed by atoms with Crippen molar-refractivity contribution in [3.8, 4) is 23.1 Å². The second kappa shape index (κ2) is 10.7. The fourth-order valence-corrected chi connectivity index (χ4v) is 6.29. The lowest BCUT2D eigenvalue weighted by atomic mass is 10.0. The van der Waals surface area contributed by atoms with Gasteiger partial charge in [0.2, 0.25) is 0 Å². The van der Waals surface area contributed by atoms with Gasteiger partial charge in [0.25, 0.3) is 0 Å². The van der Waals surface area contributed by atoms with Crippen LogP contribution < -0.4 is 4.74 Å². The molecular weight excluding hydrogens is 552 g/mol. The van der Waals surface area contributed by atoms with Crippen LogP contribution in [0.5, 0.6) is 5.75 Å². The Balaban J connectivity index is 1.28. The van der Waals surface area contributed by atoms with E-state index >= 15 is 0 Å². The minimum atomic E-state index is -0.524. The molecule has 5 heterocycles. The van der Waals surface area contributed by atoms with Gasteiger partial charge in [-0.05, 0) is 65.1 Å². The largest absolute Gasteiger partial charge is 0.484 e. The first kappa shape index (κ1) is 27.7. The van der Waals surface area contributed by atoms with E-state index in [2.05, 4.69) is 25.9 Å². The molecule has 0 radical (unpaired) electrons. The van der Waals surface area contributed by atoms with Crippen molar-refractivity contribution in [2.45, 2.75) is 65.2 Å². The average Bonchev–Trinajstić information content (AvgIpc) is 3.70. The van der Waals surface area contributed by atoms with E-state index in [4.69, 9.17) is 9.47 Å². The lowest BCUT2D eigenvalue weighted by Crippen LogP contribution is -2.42. The predicted octanol–water partition coefficient (Wildman–Crippen LogP) is 6.09. The summed E-state index contributed by atoms with van der Waals surface area (Å²) in [6, 6.07) is 10.3. The van der Waals surface area contributed by atoms with Crippen LogP contribution in [0.1, 0.15) is 69.5 Å². The third-order valence-corrected chi connectivity index (χ3v) is 8.38. The number of nitrogens with zero attached hydrogens (tertiary/aromatic N) is 8. The molecule has 6 rings (SSSR count). The van der Waals surface area contributed by atoms with Crippen molar-refractivity contribution in [2.24, 2.45) is 0 Å². The predicted molar refractivity (Wildman–Crippen MR) is 158 cm³/mol. The van der Waals surface area contributed by atoms with E-state index in [0.29, 0.717) is 35.6 Å². The van der Waals surface area contributed by atoms with Crippen molar-refractivity contribution in [1.29, 1.82) is 5.26 Å². The van der Waals surface area contributed by atoms with Crippen LogP contribution >= 0.6 is 11.5 Å². The summed E-state index contributed by atoms with van der Waals surface area (Å²) in [5, 5.41) is 24.3. The third kappa shape index (κ3) is 5.16. The van der Waals surface area contributed by atoms with Gasteiger partial charge in [0.1, 0.15) is 40.3 Å². The highest BCUT2D eigenvalue weighted by molar-refractivity contribution is 7.13. The van der Waals surface area contributed by atoms with Crippen LogP contribution in [0.25, 0.3) is 26.9 Å². The molecular formula is C30H32N8O3S. The number of carbonyl (C=O) groups is 1. The molecule has 4 aromatic heterocycles. The molecule has 5 aromatic rings. The number of hydrogen-bond donors (Lipinski definition) is 0. The second-order valence-corrected chi connectivity index (χ2v) is 12.4. The maximum absolute atomic E-state index is 12.5. The monoisotopic (exact) mass is 584 g/mol. The molecule has 0 N–H and O–H groups in total. The van der Waals surface area contributed by atoms with Gasteiger partial charge in [-0.2, -0.15) is 14.7 Å². The summed E-state index contributed by atoms with van der Waals surface area (Å²) in [6.45, 7) is 10.8. The normalized spacial score (nSPS) is 15.2. The second-order valence-electron chi connectivity index (χ2n) is 11.6. The number of fused-ring (bicyclic) bond motifs is 2. The van der Waals surface area contributed by atoms with Gasteiger partial charge in [-0.25, -0.2) is 14.0 Å². The number of pyridine rings is 1. The molecule has 1 aromatic carbocycles. The molecule has 1 atom stereocenters. The fourth-order valence-electron chi connectivity index (χ4n) is 5.45. The molecule has 0 aliphatic carbocycles. The molecule has 1 amide bonds. The number of benzene rings is 1. The molecule has 11 nitrogen and oxygen atoms in total. The number of hydrogen-bond acceptors (Lipinski definition) is 9. The lowest BCUT2D eigenvalue weighted by Gasteiger charge is -2.33. The van der Waals surface area contributed by atoms with E-state index in [1.807, 2.05) is 76.0 Å². The van der Waals surface area contributed by atoms with E-state index in [-0.39, 0.29) is 18.2 Å². The number of nitriles is 1. The van der Waals surface area contributed by atoms with Crippen molar-refractivity contribution in [1.82, 2.24) is 33.9 Å². The van der Waals surface area contributed by atoms with Gasteiger partial charge < -0.3 is 14.4 Å². The zero-order chi connectivity index (χ0) is 29.6. The maximum Gasteiger partial charge on any atom is 0.410 e. The molecule has 0 spiro atoms. The lowest BCUT2D eigenvalue weighted by molar-refractivity contribution is 0.0183. The Bertz CT molecular complexity index is 1820. The summed E-state index contributed by atoms with van der Waals surface area (Å²) in [4.78, 5) is 14.3. The quantitative estimate of drug-likeness (QED) is 0.243. The molecule has 0 saturated carbocycles. The van der Waals surface area contributed by atoms with Crippen LogP contribution in [0.4, 0.5) is 4.79 Å². The third-order valence-electron chi connectivity index (χ3n) is 7.51. The number of ether oxygens (including phenoxy) is 2. The van der Waals surface area contributed by atoms with E-state index in [9.17, 15) is 10.1 Å². The summed E-state index contributed by atoms with van der Waals surface area (Å²) in [5.74, 6) is 0.537. The number of carbonyl (C=O) groups excluding carboxylic acids is 1. The van der Waals surface area contributed by atoms with E-state index < -0.39 is 5.60 Å². The Morgan fingerprint density at radius 2 is 2.00 bits per heavy atom. The maximum atomic E-state index is 12.5. The van der Waals surface area contributed by atoms with Crippen molar-refractivity contribution in [3.63, 3.8) is 0 Å². The minimum Gasteiger partial charge on any atom is -0.484 e. The summed E-state index contributed by atoms with van der Waals surface area (Å²) in [6.07, 6.45) is 6.17. The minimum absolute atomic E-state index is 0.110. The van der Waals surface area contributed by atoms with Crippen LogP contribution in [0.15, 0.2) is 42.9 Å². The van der Waals surface area contributed by atoms with Crippen molar-refractivity contribution in [3.05, 3.63) is 59.7 Å². The van der Waals surface area contributed by atoms with Gasteiger partial charge >= 0.3 is 6.09 Å². The van der Waals surface area contributed by atoms with Gasteiger partial charge in [0.05, 0.1) is 22.6 Å². The molecule has 42 heavy (non-hydrogen) atoms. The summed E-state index contributed by atoms with van der Waals surface area (Å²) < 4.78 is 21.1. The molecule has 0 bridgehead atoms. The van der Waals surface area contributed by atoms with Crippen LogP contribution in [-0.2, 0) is 4.74 Å². The molecule has 1 fully saturated rings. The number of amides is 1. The van der Waals surface area contributed by atoms with Gasteiger partial charge in [0.15, 0.2) is 0 Å². The Labute approximate surface area is 247 Å². The van der Waals surface area contributed by atoms with Gasteiger partial charge in [-0.15, -0.1) is 5.10 Å². The van der Waals surface area contributed by atoms with Crippen LogP contribution in [-0.4, -0.2) is 58.7 Å². The van der Waals surface area contributed by atoms with E-state index in [1.165, 1.54) is 11.5 Å². The average molecular weight is 585 g/mol. The molecule has 1 unspecified atom stereocenters. The van der Waals surface area contributed by atoms with Crippen LogP contribution in [0.2, 0.25) is 0 Å². The number of piperidine rings is 1. The first-order chi connectivity index (χ1) is 20.1. The zero-order valence-electron chi connectivity index (χ0n) is 24.2. The van der Waals surface area contributed by atoms with Crippen LogP contribution in [0.3, 0.4) is 0 Å². The highest BCUT2D eigenvalue weighted by Crippen LogP contribution is 2.36. The van der Waals surface area contributed by atoms with Crippen molar-refractivity contribution >= 4 is 33.2 Å². The van der Waals surface area contributed by atoms with Crippen molar-refractivity contribution < 1.29 is 14.3 Å². The van der Waals surface area contributed by atoms with Crippen molar-refractivity contribution in [2.75, 3.05) is 13.1 Å². The first-order valence-corrected chi connectivity index (χ1v) is 14.7. The van der Waals surface area contributed by atoms with Gasteiger partial charge in [-0.1, -0.05) is 23.4 Å². The van der Waals surface area contributed by atoms with Gasteiger partial charge in [0, 0.05) is 42.0 Å².